The van der Waals surface area contributed by atoms with E-state index in [1.165, 1.54) is 77.5 Å². The molecular formula is C24H54O3Sn2. The van der Waals surface area contributed by atoms with Crippen LogP contribution < -0.4 is 0 Å². The molecule has 0 heterocycles. The molecule has 0 spiro atoms. The van der Waals surface area contributed by atoms with Crippen molar-refractivity contribution in [2.45, 2.75) is 136 Å². The molecule has 0 aliphatic heterocycles. The van der Waals surface area contributed by atoms with Crippen molar-refractivity contribution in [3.8, 4) is 0 Å². The summed E-state index contributed by atoms with van der Waals surface area (Å²) in [4.78, 5) is 0. The zero-order valence-electron chi connectivity index (χ0n) is 21.0. The van der Waals surface area contributed by atoms with Gasteiger partial charge in [0.1, 0.15) is 0 Å². The van der Waals surface area contributed by atoms with Crippen LogP contribution in [0.5, 0.6) is 0 Å². The molecule has 0 saturated carbocycles. The van der Waals surface area contributed by atoms with E-state index in [1.54, 1.807) is 0 Å². The van der Waals surface area contributed by atoms with E-state index in [0.717, 1.165) is 30.5 Å². The number of hydrogen-bond acceptors (Lipinski definition) is 3. The minimum atomic E-state index is -3.51. The maximum absolute atomic E-state index is 7.50. The fourth-order valence-electron chi connectivity index (χ4n) is 3.79. The van der Waals surface area contributed by atoms with Crippen LogP contribution in [0.4, 0.5) is 0 Å². The van der Waals surface area contributed by atoms with Crippen molar-refractivity contribution in [1.82, 2.24) is 0 Å². The van der Waals surface area contributed by atoms with E-state index in [1.807, 2.05) is 0 Å². The molecule has 0 unspecified atom stereocenters. The van der Waals surface area contributed by atoms with Gasteiger partial charge in [-0.15, -0.1) is 0 Å². The van der Waals surface area contributed by atoms with Crippen LogP contribution in [0.3, 0.4) is 0 Å². The van der Waals surface area contributed by atoms with Crippen LogP contribution >= 0.6 is 0 Å². The number of hydrogen-bond donors (Lipinski definition) is 0. The van der Waals surface area contributed by atoms with E-state index in [2.05, 4.69) is 41.5 Å². The normalized spacial score (nSPS) is 12.6. The molecule has 0 aromatic carbocycles. The Bertz CT molecular complexity index is 321. The van der Waals surface area contributed by atoms with Crippen LogP contribution in [-0.4, -0.2) is 51.6 Å². The predicted octanol–water partition coefficient (Wildman–Crippen LogP) is 8.72. The molecule has 29 heavy (non-hydrogen) atoms. The topological polar surface area (TPSA) is 27.7 Å². The first kappa shape index (κ1) is 30.5. The fourth-order valence-corrected chi connectivity index (χ4v) is 46.5. The summed E-state index contributed by atoms with van der Waals surface area (Å²) in [6, 6.07) is 0. The van der Waals surface area contributed by atoms with Gasteiger partial charge in [-0.3, -0.25) is 0 Å². The second kappa shape index (κ2) is 20.1. The summed E-state index contributed by atoms with van der Waals surface area (Å²) in [6.45, 7) is 15.5. The molecule has 5 heteroatoms. The summed E-state index contributed by atoms with van der Waals surface area (Å²) in [5.41, 5.74) is 0. The van der Waals surface area contributed by atoms with Crippen molar-refractivity contribution in [2.24, 2.45) is 0 Å². The summed E-state index contributed by atoms with van der Waals surface area (Å²) >= 11 is -6.25. The third kappa shape index (κ3) is 14.3. The maximum atomic E-state index is 7.50. The summed E-state index contributed by atoms with van der Waals surface area (Å²) < 4.78 is 26.2. The zero-order valence-corrected chi connectivity index (χ0v) is 26.7. The van der Waals surface area contributed by atoms with Gasteiger partial charge in [-0.25, -0.2) is 0 Å². The molecule has 0 N–H and O–H groups in total. The summed E-state index contributed by atoms with van der Waals surface area (Å²) in [5, 5.41) is 0. The Morgan fingerprint density at radius 1 is 0.448 bits per heavy atom. The number of rotatable bonds is 22. The molecule has 0 aromatic heterocycles. The van der Waals surface area contributed by atoms with Crippen LogP contribution in [-0.2, 0) is 7.56 Å². The van der Waals surface area contributed by atoms with Gasteiger partial charge in [-0.05, 0) is 0 Å². The van der Waals surface area contributed by atoms with E-state index in [0.29, 0.717) is 0 Å². The molecule has 0 radical (unpaired) electrons. The first-order valence-electron chi connectivity index (χ1n) is 13.1. The molecule has 0 rings (SSSR count). The van der Waals surface area contributed by atoms with Crippen LogP contribution in [0, 0.1) is 0 Å². The van der Waals surface area contributed by atoms with Crippen molar-refractivity contribution >= 4 is 38.4 Å². The van der Waals surface area contributed by atoms with Gasteiger partial charge < -0.3 is 0 Å². The summed E-state index contributed by atoms with van der Waals surface area (Å²) in [5.74, 6) is 0. The van der Waals surface area contributed by atoms with E-state index in [4.69, 9.17) is 7.56 Å². The SMILES string of the molecule is CCCC[O][Sn]([CH2]CCC)([O]CCCC)[O][Sn]([CH2]CCC)([CH2]CCC)[CH2]CCC. The van der Waals surface area contributed by atoms with Gasteiger partial charge in [-0.2, -0.15) is 0 Å². The Morgan fingerprint density at radius 3 is 1.14 bits per heavy atom. The molecule has 0 aliphatic rings. The van der Waals surface area contributed by atoms with Crippen molar-refractivity contribution in [1.29, 1.82) is 0 Å². The Morgan fingerprint density at radius 2 is 0.793 bits per heavy atom. The Hall–Kier alpha value is 1.48. The first-order chi connectivity index (χ1) is 14.1. The molecule has 0 amide bonds. The molecule has 0 aliphatic carbocycles. The van der Waals surface area contributed by atoms with E-state index < -0.39 is 38.4 Å². The van der Waals surface area contributed by atoms with E-state index >= 15 is 0 Å². The fraction of sp³-hybridized carbons (Fsp3) is 1.00. The molecule has 176 valence electrons. The van der Waals surface area contributed by atoms with E-state index in [-0.39, 0.29) is 0 Å². The summed E-state index contributed by atoms with van der Waals surface area (Å²) in [6.07, 6.45) is 14.9. The molecular weight excluding hydrogens is 574 g/mol. The third-order valence-corrected chi connectivity index (χ3v) is 39.4. The molecule has 0 fully saturated rings. The van der Waals surface area contributed by atoms with Gasteiger partial charge in [0.05, 0.1) is 0 Å². The van der Waals surface area contributed by atoms with Gasteiger partial charge in [-0.1, -0.05) is 0 Å². The van der Waals surface area contributed by atoms with Crippen LogP contribution in [0.15, 0.2) is 0 Å². The van der Waals surface area contributed by atoms with Gasteiger partial charge in [0.25, 0.3) is 0 Å². The average Bonchev–Trinajstić information content (AvgIpc) is 2.73. The Balaban J connectivity index is 5.73. The molecule has 3 nitrogen and oxygen atoms in total. The van der Waals surface area contributed by atoms with Crippen LogP contribution in [0.1, 0.15) is 119 Å². The van der Waals surface area contributed by atoms with Crippen molar-refractivity contribution in [3.05, 3.63) is 0 Å². The first-order valence-corrected chi connectivity index (χ1v) is 25.8. The van der Waals surface area contributed by atoms with Crippen molar-refractivity contribution in [3.63, 3.8) is 0 Å². The van der Waals surface area contributed by atoms with Gasteiger partial charge >= 0.3 is 196 Å². The Kier molecular flexibility index (Phi) is 21.1. The zero-order chi connectivity index (χ0) is 21.8. The quantitative estimate of drug-likeness (QED) is 0.0888. The third-order valence-electron chi connectivity index (χ3n) is 5.81. The van der Waals surface area contributed by atoms with Gasteiger partial charge in [0, 0.05) is 0 Å². The summed E-state index contributed by atoms with van der Waals surface area (Å²) in [7, 11) is 0. The van der Waals surface area contributed by atoms with Gasteiger partial charge in [0.15, 0.2) is 0 Å². The van der Waals surface area contributed by atoms with Gasteiger partial charge in [0.2, 0.25) is 0 Å². The predicted molar refractivity (Wildman–Crippen MR) is 133 cm³/mol. The van der Waals surface area contributed by atoms with Crippen molar-refractivity contribution < 1.29 is 7.56 Å². The molecule has 0 atom stereocenters. The van der Waals surface area contributed by atoms with Crippen molar-refractivity contribution in [2.75, 3.05) is 13.2 Å². The molecule has 0 bridgehead atoms. The molecule has 0 aromatic rings. The van der Waals surface area contributed by atoms with E-state index in [9.17, 15) is 0 Å². The Labute approximate surface area is 194 Å². The standard InChI is InChI=1S/2C4H9O.4C4H9.O.2Sn/c2*1-2-3-4-5;4*1-3-4-2;;;/h2*2-4H2,1H3;4*1,3-4H2,2H3;;;/q2*-1;;;;;;;+2. The average molecular weight is 628 g/mol. The second-order valence-electron chi connectivity index (χ2n) is 8.79. The van der Waals surface area contributed by atoms with Crippen LogP contribution in [0.2, 0.25) is 17.7 Å². The second-order valence-corrected chi connectivity index (χ2v) is 31.3. The minimum absolute atomic E-state index is 0.847. The monoisotopic (exact) mass is 630 g/mol. The number of unbranched alkanes of at least 4 members (excludes halogenated alkanes) is 6. The van der Waals surface area contributed by atoms with Crippen LogP contribution in [0.25, 0.3) is 0 Å². The molecule has 0 saturated heterocycles.